The van der Waals surface area contributed by atoms with Gasteiger partial charge in [-0.3, -0.25) is 4.79 Å². The van der Waals surface area contributed by atoms with Crippen molar-refractivity contribution < 1.29 is 33.8 Å². The maximum absolute atomic E-state index is 12.9. The summed E-state index contributed by atoms with van der Waals surface area (Å²) in [6, 6.07) is 11.7. The summed E-state index contributed by atoms with van der Waals surface area (Å²) in [5.41, 5.74) is 3.44. The number of carboxylic acids is 1. The molecule has 1 aliphatic carbocycles. The highest BCUT2D eigenvalue weighted by atomic mass is 16.6. The van der Waals surface area contributed by atoms with E-state index in [1.807, 2.05) is 58.0 Å². The number of benzene rings is 2. The number of hydrogen-bond donors (Lipinski definition) is 3. The topological polar surface area (TPSA) is 131 Å². The van der Waals surface area contributed by atoms with E-state index in [2.05, 4.69) is 10.6 Å². The molecule has 2 aromatic rings. The maximum Gasteiger partial charge on any atom is 0.407 e. The van der Waals surface area contributed by atoms with Crippen LogP contribution in [0.5, 0.6) is 0 Å². The van der Waals surface area contributed by atoms with Gasteiger partial charge in [0, 0.05) is 18.9 Å². The quantitative estimate of drug-likeness (QED) is 0.378. The van der Waals surface area contributed by atoms with Gasteiger partial charge in [0.05, 0.1) is 12.7 Å². The lowest BCUT2D eigenvalue weighted by molar-refractivity contribution is -0.142. The van der Waals surface area contributed by atoms with Crippen LogP contribution in [-0.2, 0) is 25.5 Å². The zero-order chi connectivity index (χ0) is 29.4. The molecular weight excluding hydrogens is 512 g/mol. The summed E-state index contributed by atoms with van der Waals surface area (Å²) in [5, 5.41) is 15.3. The third kappa shape index (κ3) is 8.83. The molecule has 40 heavy (non-hydrogen) atoms. The average Bonchev–Trinajstić information content (AvgIpc) is 2.91. The van der Waals surface area contributed by atoms with Gasteiger partial charge >= 0.3 is 18.0 Å². The van der Waals surface area contributed by atoms with E-state index in [1.165, 1.54) is 7.11 Å². The Morgan fingerprint density at radius 3 is 2.23 bits per heavy atom. The number of hydrogen-bond acceptors (Lipinski definition) is 6. The van der Waals surface area contributed by atoms with Gasteiger partial charge < -0.3 is 25.2 Å². The van der Waals surface area contributed by atoms with Crippen LogP contribution < -0.4 is 10.6 Å². The normalized spacial score (nSPS) is 17.8. The average molecular weight is 553 g/mol. The molecule has 0 aromatic heterocycles. The van der Waals surface area contributed by atoms with Crippen molar-refractivity contribution >= 4 is 23.9 Å². The van der Waals surface area contributed by atoms with Crippen molar-refractivity contribution in [2.24, 2.45) is 11.8 Å². The van der Waals surface area contributed by atoms with Gasteiger partial charge in [-0.1, -0.05) is 30.3 Å². The predicted octanol–water partition coefficient (Wildman–Crippen LogP) is 4.89. The number of methoxy groups -OCH3 is 1. The van der Waals surface area contributed by atoms with Crippen molar-refractivity contribution in [2.75, 3.05) is 13.7 Å². The fourth-order valence-electron chi connectivity index (χ4n) is 4.89. The van der Waals surface area contributed by atoms with E-state index in [9.17, 15) is 24.3 Å². The standard InChI is InChI=1S/C31H40N2O7/c1-19-6-11-24(29(37)39-5)17-25(19)22-12-7-20(8-13-22)16-26(28(35)36)33-27(34)23-14-9-21(10-15-23)18-32-30(38)40-31(2,3)4/h6-8,11-13,17,21,23,26H,9-10,14-16,18H2,1-5H3,(H,32,38)(H,33,34)(H,35,36). The van der Waals surface area contributed by atoms with Crippen LogP contribution in [0, 0.1) is 18.8 Å². The van der Waals surface area contributed by atoms with Gasteiger partial charge in [-0.05, 0) is 93.7 Å². The molecule has 216 valence electrons. The molecule has 9 nitrogen and oxygen atoms in total. The first-order chi connectivity index (χ1) is 18.9. The second kappa shape index (κ2) is 13.5. The fourth-order valence-corrected chi connectivity index (χ4v) is 4.89. The molecule has 3 N–H and O–H groups in total. The maximum atomic E-state index is 12.9. The van der Waals surface area contributed by atoms with E-state index >= 15 is 0 Å². The molecule has 3 rings (SSSR count). The van der Waals surface area contributed by atoms with E-state index in [-0.39, 0.29) is 24.2 Å². The number of ether oxygens (including phenoxy) is 2. The number of aryl methyl sites for hydroxylation is 1. The van der Waals surface area contributed by atoms with Crippen molar-refractivity contribution in [3.8, 4) is 11.1 Å². The lowest BCUT2D eigenvalue weighted by atomic mass is 9.81. The van der Waals surface area contributed by atoms with Crippen molar-refractivity contribution in [1.82, 2.24) is 10.6 Å². The lowest BCUT2D eigenvalue weighted by Gasteiger charge is -2.29. The molecule has 0 bridgehead atoms. The molecule has 0 heterocycles. The highest BCUT2D eigenvalue weighted by molar-refractivity contribution is 5.91. The van der Waals surface area contributed by atoms with Gasteiger partial charge in [0.15, 0.2) is 0 Å². The number of carbonyl (C=O) groups is 4. The molecule has 1 fully saturated rings. The number of amides is 2. The van der Waals surface area contributed by atoms with E-state index in [0.29, 0.717) is 24.9 Å². The summed E-state index contributed by atoms with van der Waals surface area (Å²) in [5.74, 6) is -1.76. The smallest absolute Gasteiger partial charge is 0.407 e. The Balaban J connectivity index is 1.54. The van der Waals surface area contributed by atoms with Crippen LogP contribution in [0.2, 0.25) is 0 Å². The zero-order valence-electron chi connectivity index (χ0n) is 23.9. The van der Waals surface area contributed by atoms with Crippen molar-refractivity contribution in [3.63, 3.8) is 0 Å². The van der Waals surface area contributed by atoms with Gasteiger partial charge in [-0.25, -0.2) is 14.4 Å². The number of aliphatic carboxylic acids is 1. The minimum atomic E-state index is -1.09. The molecule has 1 aliphatic rings. The number of carboxylic acid groups (broad SMARTS) is 1. The molecular formula is C31H40N2O7. The summed E-state index contributed by atoms with van der Waals surface area (Å²) in [6.07, 6.45) is 2.51. The minimum absolute atomic E-state index is 0.150. The Morgan fingerprint density at radius 1 is 1.00 bits per heavy atom. The first kappa shape index (κ1) is 30.7. The van der Waals surface area contributed by atoms with Crippen LogP contribution in [0.4, 0.5) is 4.79 Å². The van der Waals surface area contributed by atoms with Gasteiger partial charge in [0.2, 0.25) is 5.91 Å². The molecule has 1 unspecified atom stereocenters. The Kier molecular flexibility index (Phi) is 10.3. The summed E-state index contributed by atoms with van der Waals surface area (Å²) in [7, 11) is 1.34. The monoisotopic (exact) mass is 552 g/mol. The highest BCUT2D eigenvalue weighted by Gasteiger charge is 2.30. The second-order valence-electron chi connectivity index (χ2n) is 11.4. The number of carbonyl (C=O) groups excluding carboxylic acids is 3. The molecule has 9 heteroatoms. The van der Waals surface area contributed by atoms with Crippen LogP contribution in [0.3, 0.4) is 0 Å². The molecule has 0 saturated heterocycles. The van der Waals surface area contributed by atoms with Crippen molar-refractivity contribution in [3.05, 3.63) is 59.2 Å². The van der Waals surface area contributed by atoms with Crippen LogP contribution in [0.25, 0.3) is 11.1 Å². The first-order valence-corrected chi connectivity index (χ1v) is 13.6. The zero-order valence-corrected chi connectivity index (χ0v) is 23.9. The van der Waals surface area contributed by atoms with E-state index in [0.717, 1.165) is 35.1 Å². The van der Waals surface area contributed by atoms with Crippen LogP contribution in [-0.4, -0.2) is 54.3 Å². The minimum Gasteiger partial charge on any atom is -0.480 e. The number of esters is 1. The summed E-state index contributed by atoms with van der Waals surface area (Å²) < 4.78 is 10.1. The number of alkyl carbamates (subject to hydrolysis) is 1. The first-order valence-electron chi connectivity index (χ1n) is 13.6. The van der Waals surface area contributed by atoms with E-state index in [4.69, 9.17) is 9.47 Å². The van der Waals surface area contributed by atoms with E-state index in [1.54, 1.807) is 12.1 Å². The number of nitrogens with one attached hydrogen (secondary N) is 2. The van der Waals surface area contributed by atoms with Crippen LogP contribution in [0.15, 0.2) is 42.5 Å². The summed E-state index contributed by atoms with van der Waals surface area (Å²) in [6.45, 7) is 7.87. The third-order valence-electron chi connectivity index (χ3n) is 7.13. The van der Waals surface area contributed by atoms with E-state index < -0.39 is 29.7 Å². The molecule has 1 atom stereocenters. The third-order valence-corrected chi connectivity index (χ3v) is 7.13. The van der Waals surface area contributed by atoms with Crippen molar-refractivity contribution in [1.29, 1.82) is 0 Å². The summed E-state index contributed by atoms with van der Waals surface area (Å²) >= 11 is 0. The largest absolute Gasteiger partial charge is 0.480 e. The Hall–Kier alpha value is -3.88. The highest BCUT2D eigenvalue weighted by Crippen LogP contribution is 2.29. The van der Waals surface area contributed by atoms with Gasteiger partial charge in [-0.15, -0.1) is 0 Å². The molecule has 0 radical (unpaired) electrons. The van der Waals surface area contributed by atoms with Gasteiger partial charge in [-0.2, -0.15) is 0 Å². The Bertz CT molecular complexity index is 1210. The Labute approximate surface area is 235 Å². The predicted molar refractivity (Wildman–Crippen MR) is 151 cm³/mol. The SMILES string of the molecule is COC(=O)c1ccc(C)c(-c2ccc(CC(NC(=O)C3CCC(CNC(=O)OC(C)(C)C)CC3)C(=O)O)cc2)c1. The lowest BCUT2D eigenvalue weighted by Crippen LogP contribution is -2.46. The van der Waals surface area contributed by atoms with Crippen LogP contribution in [0.1, 0.15) is 67.9 Å². The fraction of sp³-hybridized carbons (Fsp3) is 0.484. The Morgan fingerprint density at radius 2 is 1.65 bits per heavy atom. The summed E-state index contributed by atoms with van der Waals surface area (Å²) in [4.78, 5) is 48.7. The van der Waals surface area contributed by atoms with Gasteiger partial charge in [0.25, 0.3) is 0 Å². The molecule has 1 saturated carbocycles. The molecule has 0 aliphatic heterocycles. The molecule has 2 amide bonds. The number of rotatable bonds is 9. The van der Waals surface area contributed by atoms with Crippen molar-refractivity contribution in [2.45, 2.75) is 71.4 Å². The van der Waals surface area contributed by atoms with Gasteiger partial charge in [0.1, 0.15) is 11.6 Å². The second-order valence-corrected chi connectivity index (χ2v) is 11.4. The molecule has 0 spiro atoms. The molecule has 2 aromatic carbocycles. The van der Waals surface area contributed by atoms with Crippen LogP contribution >= 0.6 is 0 Å².